The second-order valence-electron chi connectivity index (χ2n) is 5.77. The molecule has 1 saturated heterocycles. The fraction of sp³-hybridized carbons (Fsp3) is 0.412. The predicted molar refractivity (Wildman–Crippen MR) is 84.8 cm³/mol. The molecule has 1 aliphatic rings. The van der Waals surface area contributed by atoms with E-state index in [1.54, 1.807) is 35.5 Å². The molecule has 2 aromatic rings. The summed E-state index contributed by atoms with van der Waals surface area (Å²) in [5.41, 5.74) is 1.71. The fourth-order valence-corrected chi connectivity index (χ4v) is 2.85. The Morgan fingerprint density at radius 1 is 1.22 bits per heavy atom. The van der Waals surface area contributed by atoms with Crippen molar-refractivity contribution in [2.45, 2.75) is 32.2 Å². The average molecular weight is 313 g/mol. The van der Waals surface area contributed by atoms with Crippen LogP contribution < -0.4 is 0 Å². The Kier molecular flexibility index (Phi) is 4.50. The first-order chi connectivity index (χ1) is 11.1. The number of nitrogens with zero attached hydrogens (tertiary/aromatic N) is 3. The maximum atomic E-state index is 12.2. The number of piperidine rings is 1. The Morgan fingerprint density at radius 2 is 2.00 bits per heavy atom. The summed E-state index contributed by atoms with van der Waals surface area (Å²) >= 11 is 0. The van der Waals surface area contributed by atoms with Crippen LogP contribution >= 0.6 is 0 Å². The highest BCUT2D eigenvalue weighted by atomic mass is 16.5. The Labute approximate surface area is 134 Å². The highest BCUT2D eigenvalue weighted by Crippen LogP contribution is 2.17. The van der Waals surface area contributed by atoms with Gasteiger partial charge >= 0.3 is 5.97 Å². The minimum absolute atomic E-state index is 0.133. The zero-order valence-electron chi connectivity index (χ0n) is 13.1. The number of carbonyl (C=O) groups is 2. The zero-order valence-corrected chi connectivity index (χ0v) is 13.1. The van der Waals surface area contributed by atoms with E-state index in [1.807, 2.05) is 6.92 Å². The SMILES string of the molecule is C[C@H]1CCCCN1C(=O)COC(=O)c1ccc2nccnc2c1. The molecule has 1 aromatic heterocycles. The van der Waals surface area contributed by atoms with Gasteiger partial charge in [0.25, 0.3) is 5.91 Å². The fourth-order valence-electron chi connectivity index (χ4n) is 2.85. The van der Waals surface area contributed by atoms with E-state index < -0.39 is 5.97 Å². The van der Waals surface area contributed by atoms with Crippen LogP contribution in [0.4, 0.5) is 0 Å². The van der Waals surface area contributed by atoms with Crippen molar-refractivity contribution in [3.8, 4) is 0 Å². The van der Waals surface area contributed by atoms with E-state index in [0.717, 1.165) is 25.8 Å². The third kappa shape index (κ3) is 3.47. The number of benzene rings is 1. The third-order valence-electron chi connectivity index (χ3n) is 4.16. The van der Waals surface area contributed by atoms with Crippen LogP contribution in [0, 0.1) is 0 Å². The standard InChI is InChI=1S/C17H19N3O3/c1-12-4-2-3-9-20(12)16(21)11-23-17(22)13-5-6-14-15(10-13)19-8-7-18-14/h5-8,10,12H,2-4,9,11H2,1H3/t12-/m0/s1. The normalized spacial score (nSPS) is 18.0. The summed E-state index contributed by atoms with van der Waals surface area (Å²) in [6.07, 6.45) is 6.32. The molecule has 0 saturated carbocycles. The molecule has 1 atom stereocenters. The van der Waals surface area contributed by atoms with Crippen LogP contribution in [0.5, 0.6) is 0 Å². The molecule has 1 amide bonds. The van der Waals surface area contributed by atoms with Gasteiger partial charge < -0.3 is 9.64 Å². The lowest BCUT2D eigenvalue weighted by atomic mass is 10.0. The van der Waals surface area contributed by atoms with Crippen molar-refractivity contribution < 1.29 is 14.3 Å². The molecule has 120 valence electrons. The summed E-state index contributed by atoms with van der Waals surface area (Å²) in [7, 11) is 0. The van der Waals surface area contributed by atoms with E-state index in [1.165, 1.54) is 0 Å². The molecule has 6 heteroatoms. The number of carbonyl (C=O) groups excluding carboxylic acids is 2. The van der Waals surface area contributed by atoms with Crippen LogP contribution in [-0.2, 0) is 9.53 Å². The molecular formula is C17H19N3O3. The van der Waals surface area contributed by atoms with E-state index in [9.17, 15) is 9.59 Å². The molecule has 0 bridgehead atoms. The third-order valence-corrected chi connectivity index (χ3v) is 4.16. The molecule has 1 fully saturated rings. The van der Waals surface area contributed by atoms with Crippen molar-refractivity contribution in [3.63, 3.8) is 0 Å². The first-order valence-electron chi connectivity index (χ1n) is 7.82. The lowest BCUT2D eigenvalue weighted by molar-refractivity contribution is -0.137. The number of rotatable bonds is 3. The lowest BCUT2D eigenvalue weighted by Gasteiger charge is -2.33. The van der Waals surface area contributed by atoms with Gasteiger partial charge in [-0.3, -0.25) is 14.8 Å². The summed E-state index contributed by atoms with van der Waals surface area (Å²) in [4.78, 5) is 34.4. The second kappa shape index (κ2) is 6.73. The number of ether oxygens (including phenoxy) is 1. The quantitative estimate of drug-likeness (QED) is 0.812. The molecule has 0 unspecified atom stereocenters. The molecule has 23 heavy (non-hydrogen) atoms. The summed E-state index contributed by atoms with van der Waals surface area (Å²) in [6.45, 7) is 2.55. The maximum Gasteiger partial charge on any atom is 0.338 e. The lowest BCUT2D eigenvalue weighted by Crippen LogP contribution is -2.44. The van der Waals surface area contributed by atoms with Gasteiger partial charge in [-0.1, -0.05) is 0 Å². The predicted octanol–water partition coefficient (Wildman–Crippen LogP) is 2.19. The molecule has 0 radical (unpaired) electrons. The van der Waals surface area contributed by atoms with Crippen LogP contribution in [0.25, 0.3) is 11.0 Å². The topological polar surface area (TPSA) is 72.4 Å². The monoisotopic (exact) mass is 313 g/mol. The van der Waals surface area contributed by atoms with Gasteiger partial charge in [0, 0.05) is 25.0 Å². The molecule has 1 aliphatic heterocycles. The Hall–Kier alpha value is -2.50. The van der Waals surface area contributed by atoms with Gasteiger partial charge in [0.2, 0.25) is 0 Å². The molecule has 1 aromatic carbocycles. The Morgan fingerprint density at radius 3 is 2.78 bits per heavy atom. The van der Waals surface area contributed by atoms with E-state index in [0.29, 0.717) is 16.6 Å². The number of aromatic nitrogens is 2. The number of hydrogen-bond donors (Lipinski definition) is 0. The zero-order chi connectivity index (χ0) is 16.2. The largest absolute Gasteiger partial charge is 0.452 e. The molecule has 2 heterocycles. The number of likely N-dealkylation sites (tertiary alicyclic amines) is 1. The first kappa shape index (κ1) is 15.4. The van der Waals surface area contributed by atoms with Gasteiger partial charge in [0.05, 0.1) is 16.6 Å². The molecule has 0 aliphatic carbocycles. The van der Waals surface area contributed by atoms with Gasteiger partial charge in [-0.2, -0.15) is 0 Å². The van der Waals surface area contributed by atoms with Crippen molar-refractivity contribution in [1.29, 1.82) is 0 Å². The van der Waals surface area contributed by atoms with Gasteiger partial charge in [-0.25, -0.2) is 4.79 Å². The molecule has 6 nitrogen and oxygen atoms in total. The summed E-state index contributed by atoms with van der Waals surface area (Å²) in [6, 6.07) is 5.19. The minimum Gasteiger partial charge on any atom is -0.452 e. The van der Waals surface area contributed by atoms with Crippen molar-refractivity contribution in [2.75, 3.05) is 13.2 Å². The van der Waals surface area contributed by atoms with Crippen molar-refractivity contribution in [3.05, 3.63) is 36.2 Å². The molecule has 3 rings (SSSR count). The second-order valence-corrected chi connectivity index (χ2v) is 5.77. The van der Waals surface area contributed by atoms with E-state index in [2.05, 4.69) is 9.97 Å². The highest BCUT2D eigenvalue weighted by Gasteiger charge is 2.24. The summed E-state index contributed by atoms with van der Waals surface area (Å²) in [5.74, 6) is -0.651. The highest BCUT2D eigenvalue weighted by molar-refractivity contribution is 5.94. The minimum atomic E-state index is -0.518. The molecule has 0 spiro atoms. The van der Waals surface area contributed by atoms with Gasteiger partial charge in [0.15, 0.2) is 6.61 Å². The van der Waals surface area contributed by atoms with Gasteiger partial charge in [-0.15, -0.1) is 0 Å². The van der Waals surface area contributed by atoms with Gasteiger partial charge in [0.1, 0.15) is 0 Å². The number of amides is 1. The number of hydrogen-bond acceptors (Lipinski definition) is 5. The van der Waals surface area contributed by atoms with E-state index in [-0.39, 0.29) is 18.6 Å². The van der Waals surface area contributed by atoms with Crippen LogP contribution in [0.15, 0.2) is 30.6 Å². The molecule has 0 N–H and O–H groups in total. The Bertz CT molecular complexity index is 732. The van der Waals surface area contributed by atoms with Crippen molar-refractivity contribution in [2.24, 2.45) is 0 Å². The van der Waals surface area contributed by atoms with Crippen molar-refractivity contribution in [1.82, 2.24) is 14.9 Å². The van der Waals surface area contributed by atoms with Gasteiger partial charge in [-0.05, 0) is 44.4 Å². The van der Waals surface area contributed by atoms with E-state index in [4.69, 9.17) is 4.74 Å². The van der Waals surface area contributed by atoms with Crippen LogP contribution in [0.3, 0.4) is 0 Å². The average Bonchev–Trinajstić information content (AvgIpc) is 2.59. The van der Waals surface area contributed by atoms with Crippen LogP contribution in [0.1, 0.15) is 36.5 Å². The van der Waals surface area contributed by atoms with E-state index >= 15 is 0 Å². The number of esters is 1. The Balaban J connectivity index is 1.62. The summed E-state index contributed by atoms with van der Waals surface area (Å²) in [5, 5.41) is 0. The van der Waals surface area contributed by atoms with Crippen molar-refractivity contribution >= 4 is 22.9 Å². The number of fused-ring (bicyclic) bond motifs is 1. The maximum absolute atomic E-state index is 12.2. The summed E-state index contributed by atoms with van der Waals surface area (Å²) < 4.78 is 5.16. The van der Waals surface area contributed by atoms with Crippen LogP contribution in [0.2, 0.25) is 0 Å². The molecular weight excluding hydrogens is 294 g/mol. The smallest absolute Gasteiger partial charge is 0.338 e. The van der Waals surface area contributed by atoms with Crippen LogP contribution in [-0.4, -0.2) is 45.9 Å². The first-order valence-corrected chi connectivity index (χ1v) is 7.82.